The number of amides is 1. The smallest absolute Gasteiger partial charge is 0.273 e. The molecule has 3 N–H and O–H groups in total. The number of aromatic nitrogens is 1. The first kappa shape index (κ1) is 14.2. The lowest BCUT2D eigenvalue weighted by Crippen LogP contribution is -2.24. The maximum atomic E-state index is 11.7. The number of nitrogens with one attached hydrogen (secondary N) is 1. The molecule has 96 valence electrons. The van der Waals surface area contributed by atoms with E-state index in [1.54, 1.807) is 6.92 Å². The highest BCUT2D eigenvalue weighted by Crippen LogP contribution is 2.38. The largest absolute Gasteiger partial charge is 0.504 e. The van der Waals surface area contributed by atoms with Crippen LogP contribution in [-0.4, -0.2) is 33.8 Å². The fourth-order valence-electron chi connectivity index (χ4n) is 1.37. The van der Waals surface area contributed by atoms with E-state index in [9.17, 15) is 9.90 Å². The summed E-state index contributed by atoms with van der Waals surface area (Å²) in [6.07, 6.45) is 1.37. The molecule has 0 bridgehead atoms. The van der Waals surface area contributed by atoms with Crippen molar-refractivity contribution in [1.29, 1.82) is 0 Å². The standard InChI is InChI=1S/C11H13N3O3S/c1-4-6-7(12-3)9(15)8(10(16)13-5-2)14-11(6)18-17/h4,15,17H,1,3,5H2,2H3,(H,13,16). The topological polar surface area (TPSA) is 94.8 Å². The van der Waals surface area contributed by atoms with Gasteiger partial charge in [-0.1, -0.05) is 12.7 Å². The SMILES string of the molecule is C=Cc1c(SO)nc(C(=O)NCC)c(O)c1N=C. The Morgan fingerprint density at radius 2 is 2.33 bits per heavy atom. The Bertz CT molecular complexity index is 503. The maximum Gasteiger partial charge on any atom is 0.273 e. The Morgan fingerprint density at radius 3 is 2.78 bits per heavy atom. The highest BCUT2D eigenvalue weighted by atomic mass is 32.2. The van der Waals surface area contributed by atoms with Crippen LogP contribution in [0.3, 0.4) is 0 Å². The first-order chi connectivity index (χ1) is 8.60. The molecular formula is C11H13N3O3S. The summed E-state index contributed by atoms with van der Waals surface area (Å²) in [7, 11) is 0. The molecule has 1 heterocycles. The van der Waals surface area contributed by atoms with Crippen LogP contribution in [0.4, 0.5) is 5.69 Å². The van der Waals surface area contributed by atoms with Gasteiger partial charge in [0.15, 0.2) is 11.4 Å². The minimum Gasteiger partial charge on any atom is -0.504 e. The van der Waals surface area contributed by atoms with Gasteiger partial charge in [-0.3, -0.25) is 9.79 Å². The lowest BCUT2D eigenvalue weighted by Gasteiger charge is -2.11. The summed E-state index contributed by atoms with van der Waals surface area (Å²) in [4.78, 5) is 19.2. The molecule has 0 aliphatic carbocycles. The molecule has 7 heteroatoms. The van der Waals surface area contributed by atoms with Gasteiger partial charge in [0.05, 0.1) is 0 Å². The molecule has 1 amide bonds. The average Bonchev–Trinajstić information content (AvgIpc) is 2.38. The maximum absolute atomic E-state index is 11.7. The van der Waals surface area contributed by atoms with Crippen molar-refractivity contribution in [2.75, 3.05) is 6.54 Å². The van der Waals surface area contributed by atoms with Gasteiger partial charge >= 0.3 is 0 Å². The normalized spacial score (nSPS) is 9.89. The highest BCUT2D eigenvalue weighted by molar-refractivity contribution is 7.93. The summed E-state index contributed by atoms with van der Waals surface area (Å²) in [6, 6.07) is 0. The Kier molecular flexibility index (Phi) is 4.87. The number of hydrogen-bond acceptors (Lipinski definition) is 6. The average molecular weight is 267 g/mol. The van der Waals surface area contributed by atoms with Crippen LogP contribution in [-0.2, 0) is 0 Å². The molecule has 0 aromatic carbocycles. The van der Waals surface area contributed by atoms with Crippen molar-refractivity contribution in [2.24, 2.45) is 4.99 Å². The summed E-state index contributed by atoms with van der Waals surface area (Å²) in [6.45, 7) is 8.98. The summed E-state index contributed by atoms with van der Waals surface area (Å²) in [5, 5.41) is 12.6. The van der Waals surface area contributed by atoms with Crippen molar-refractivity contribution in [3.05, 3.63) is 17.8 Å². The fraction of sp³-hybridized carbons (Fsp3) is 0.182. The predicted octanol–water partition coefficient (Wildman–Crippen LogP) is 2.08. The second kappa shape index (κ2) is 6.18. The van der Waals surface area contributed by atoms with Gasteiger partial charge in [0.25, 0.3) is 5.91 Å². The molecule has 0 unspecified atom stereocenters. The zero-order valence-electron chi connectivity index (χ0n) is 9.80. The fourth-order valence-corrected chi connectivity index (χ4v) is 1.78. The van der Waals surface area contributed by atoms with Crippen molar-refractivity contribution in [3.63, 3.8) is 0 Å². The number of aliphatic imine (C=N–C) groups is 1. The van der Waals surface area contributed by atoms with Crippen LogP contribution in [0.5, 0.6) is 5.75 Å². The molecule has 0 radical (unpaired) electrons. The number of hydrogen-bond donors (Lipinski definition) is 3. The van der Waals surface area contributed by atoms with Crippen LogP contribution in [0.15, 0.2) is 16.6 Å². The van der Waals surface area contributed by atoms with Gasteiger partial charge in [-0.25, -0.2) is 4.98 Å². The quantitative estimate of drug-likeness (QED) is 0.561. The van der Waals surface area contributed by atoms with Crippen LogP contribution in [0.2, 0.25) is 0 Å². The van der Waals surface area contributed by atoms with Gasteiger partial charge in [-0.05, 0) is 13.6 Å². The molecule has 0 aliphatic heterocycles. The molecule has 0 spiro atoms. The monoisotopic (exact) mass is 267 g/mol. The van der Waals surface area contributed by atoms with Crippen molar-refractivity contribution in [2.45, 2.75) is 11.9 Å². The third kappa shape index (κ3) is 2.52. The summed E-state index contributed by atoms with van der Waals surface area (Å²) in [5.74, 6) is -0.936. The minimum absolute atomic E-state index is 0.0674. The predicted molar refractivity (Wildman–Crippen MR) is 71.7 cm³/mol. The lowest BCUT2D eigenvalue weighted by molar-refractivity contribution is 0.0947. The second-order valence-electron chi connectivity index (χ2n) is 3.19. The Balaban J connectivity index is 3.51. The molecule has 1 aromatic rings. The van der Waals surface area contributed by atoms with E-state index < -0.39 is 5.91 Å². The van der Waals surface area contributed by atoms with Gasteiger partial charge in [-0.15, -0.1) is 0 Å². The Hall–Kier alpha value is -1.86. The van der Waals surface area contributed by atoms with Crippen LogP contribution < -0.4 is 5.32 Å². The highest BCUT2D eigenvalue weighted by Gasteiger charge is 2.21. The molecule has 0 atom stereocenters. The van der Waals surface area contributed by atoms with E-state index in [0.29, 0.717) is 24.2 Å². The molecule has 18 heavy (non-hydrogen) atoms. The van der Waals surface area contributed by atoms with Gasteiger partial charge in [0, 0.05) is 24.2 Å². The van der Waals surface area contributed by atoms with E-state index in [4.69, 9.17) is 4.55 Å². The molecule has 1 rings (SSSR count). The molecule has 0 fully saturated rings. The van der Waals surface area contributed by atoms with Crippen LogP contribution >= 0.6 is 12.0 Å². The zero-order valence-corrected chi connectivity index (χ0v) is 10.6. The number of nitrogens with zero attached hydrogens (tertiary/aromatic N) is 2. The van der Waals surface area contributed by atoms with Gasteiger partial charge in [0.1, 0.15) is 10.7 Å². The number of carbonyl (C=O) groups is 1. The summed E-state index contributed by atoms with van der Waals surface area (Å²) < 4.78 is 9.13. The van der Waals surface area contributed by atoms with Crippen molar-refractivity contribution >= 4 is 36.4 Å². The van der Waals surface area contributed by atoms with Crippen LogP contribution in [0.25, 0.3) is 6.08 Å². The Morgan fingerprint density at radius 1 is 1.67 bits per heavy atom. The van der Waals surface area contributed by atoms with Crippen LogP contribution in [0, 0.1) is 0 Å². The molecule has 1 aromatic heterocycles. The second-order valence-corrected chi connectivity index (χ2v) is 3.76. The molecule has 0 saturated heterocycles. The number of pyridine rings is 1. The summed E-state index contributed by atoms with van der Waals surface area (Å²) >= 11 is 0.347. The van der Waals surface area contributed by atoms with Gasteiger partial charge in [0.2, 0.25) is 0 Å². The van der Waals surface area contributed by atoms with Crippen molar-refractivity contribution in [1.82, 2.24) is 10.3 Å². The van der Waals surface area contributed by atoms with E-state index >= 15 is 0 Å². The van der Waals surface area contributed by atoms with Gasteiger partial charge < -0.3 is 15.0 Å². The van der Waals surface area contributed by atoms with Crippen molar-refractivity contribution in [3.8, 4) is 5.75 Å². The van der Waals surface area contributed by atoms with Gasteiger partial charge in [-0.2, -0.15) is 0 Å². The molecular weight excluding hydrogens is 254 g/mol. The van der Waals surface area contributed by atoms with Crippen LogP contribution in [0.1, 0.15) is 23.0 Å². The number of carbonyl (C=O) groups excluding carboxylic acids is 1. The van der Waals surface area contributed by atoms with E-state index in [0.717, 1.165) is 0 Å². The molecule has 0 aliphatic rings. The zero-order chi connectivity index (χ0) is 13.7. The van der Waals surface area contributed by atoms with E-state index in [1.807, 2.05) is 0 Å². The third-order valence-corrected chi connectivity index (χ3v) is 2.63. The minimum atomic E-state index is -0.550. The summed E-state index contributed by atoms with van der Waals surface area (Å²) in [5.41, 5.74) is 0.183. The first-order valence-corrected chi connectivity index (χ1v) is 5.83. The lowest BCUT2D eigenvalue weighted by atomic mass is 10.1. The number of aromatic hydroxyl groups is 1. The molecule has 0 saturated carbocycles. The van der Waals surface area contributed by atoms with E-state index in [2.05, 4.69) is 28.6 Å². The van der Waals surface area contributed by atoms with E-state index in [1.165, 1.54) is 6.08 Å². The van der Waals surface area contributed by atoms with Crippen molar-refractivity contribution < 1.29 is 14.5 Å². The third-order valence-electron chi connectivity index (χ3n) is 2.15. The first-order valence-electron chi connectivity index (χ1n) is 5.06. The van der Waals surface area contributed by atoms with E-state index in [-0.39, 0.29) is 22.2 Å². The Labute approximate surface area is 109 Å². The molecule has 6 nitrogen and oxygen atoms in total. The number of rotatable bonds is 5.